The third kappa shape index (κ3) is 3.23. The number of nitrogens with zero attached hydrogens (tertiary/aromatic N) is 3. The van der Waals surface area contributed by atoms with Crippen molar-refractivity contribution in [2.24, 2.45) is 0 Å². The maximum atomic E-state index is 5.80. The number of hydrogen-bond acceptors (Lipinski definition) is 4. The van der Waals surface area contributed by atoms with Crippen LogP contribution in [-0.2, 0) is 11.8 Å². The molecule has 5 heteroatoms. The lowest BCUT2D eigenvalue weighted by atomic mass is 9.93. The quantitative estimate of drug-likeness (QED) is 0.836. The van der Waals surface area contributed by atoms with Gasteiger partial charge in [0.15, 0.2) is 0 Å². The first-order chi connectivity index (χ1) is 7.95. The molecule has 0 aromatic carbocycles. The first-order valence-electron chi connectivity index (χ1n) is 5.36. The Morgan fingerprint density at radius 1 is 1.24 bits per heavy atom. The highest BCUT2D eigenvalue weighted by Gasteiger charge is 2.17. The highest BCUT2D eigenvalue weighted by atomic mass is 35.5. The van der Waals surface area contributed by atoms with Crippen LogP contribution in [0.1, 0.15) is 37.2 Å². The van der Waals surface area contributed by atoms with Crippen LogP contribution in [0.25, 0.3) is 0 Å². The Morgan fingerprint density at radius 2 is 2.00 bits per heavy atom. The van der Waals surface area contributed by atoms with E-state index in [1.807, 2.05) is 0 Å². The zero-order valence-electron chi connectivity index (χ0n) is 10.1. The van der Waals surface area contributed by atoms with Crippen molar-refractivity contribution in [2.45, 2.75) is 32.6 Å². The van der Waals surface area contributed by atoms with E-state index in [2.05, 4.69) is 41.1 Å². The van der Waals surface area contributed by atoms with E-state index in [9.17, 15) is 0 Å². The van der Waals surface area contributed by atoms with Gasteiger partial charge in [0, 0.05) is 23.4 Å². The van der Waals surface area contributed by atoms with E-state index in [-0.39, 0.29) is 5.41 Å². The molecule has 2 heterocycles. The highest BCUT2D eigenvalue weighted by molar-refractivity contribution is 7.09. The molecule has 0 aliphatic carbocycles. The van der Waals surface area contributed by atoms with E-state index in [0.29, 0.717) is 11.6 Å². The van der Waals surface area contributed by atoms with E-state index in [0.717, 1.165) is 16.4 Å². The van der Waals surface area contributed by atoms with Crippen molar-refractivity contribution in [3.05, 3.63) is 39.3 Å². The fourth-order valence-electron chi connectivity index (χ4n) is 1.36. The van der Waals surface area contributed by atoms with Crippen LogP contribution in [0.5, 0.6) is 0 Å². The van der Waals surface area contributed by atoms with Gasteiger partial charge in [-0.2, -0.15) is 0 Å². The number of aromatic nitrogens is 3. The molecule has 2 rings (SSSR count). The van der Waals surface area contributed by atoms with Gasteiger partial charge in [0.2, 0.25) is 0 Å². The van der Waals surface area contributed by atoms with Crippen molar-refractivity contribution in [1.82, 2.24) is 15.0 Å². The molecule has 0 saturated carbocycles. The molecule has 0 unspecified atom stereocenters. The highest BCUT2D eigenvalue weighted by Crippen LogP contribution is 2.24. The van der Waals surface area contributed by atoms with Crippen LogP contribution in [0.3, 0.4) is 0 Å². The fourth-order valence-corrected chi connectivity index (χ4v) is 2.56. The monoisotopic (exact) mass is 267 g/mol. The predicted molar refractivity (Wildman–Crippen MR) is 70.7 cm³/mol. The zero-order valence-corrected chi connectivity index (χ0v) is 11.6. The second kappa shape index (κ2) is 4.70. The summed E-state index contributed by atoms with van der Waals surface area (Å²) in [5, 5.41) is 3.58. The van der Waals surface area contributed by atoms with Crippen LogP contribution >= 0.6 is 22.9 Å². The average Bonchev–Trinajstić information content (AvgIpc) is 2.65. The van der Waals surface area contributed by atoms with Gasteiger partial charge < -0.3 is 0 Å². The predicted octanol–water partition coefficient (Wildman–Crippen LogP) is 3.47. The Kier molecular flexibility index (Phi) is 3.45. The van der Waals surface area contributed by atoms with Gasteiger partial charge in [0.05, 0.1) is 22.6 Å². The topological polar surface area (TPSA) is 38.7 Å². The smallest absolute Gasteiger partial charge is 0.147 e. The van der Waals surface area contributed by atoms with E-state index >= 15 is 0 Å². The molecule has 0 aliphatic heterocycles. The second-order valence-corrected chi connectivity index (χ2v) is 6.22. The largest absolute Gasteiger partial charge is 0.260 e. The molecule has 0 spiro atoms. The Hall–Kier alpha value is -1.00. The molecule has 3 nitrogen and oxygen atoms in total. The molecule has 0 amide bonds. The molecule has 0 fully saturated rings. The Labute approximate surface area is 110 Å². The van der Waals surface area contributed by atoms with E-state index < -0.39 is 0 Å². The summed E-state index contributed by atoms with van der Waals surface area (Å²) in [5.74, 6) is 0. The van der Waals surface area contributed by atoms with Crippen molar-refractivity contribution < 1.29 is 0 Å². The fraction of sp³-hybridized carbons (Fsp3) is 0.417. The van der Waals surface area contributed by atoms with Crippen LogP contribution in [-0.4, -0.2) is 15.0 Å². The van der Waals surface area contributed by atoms with E-state index in [1.54, 1.807) is 17.5 Å². The van der Waals surface area contributed by atoms with Gasteiger partial charge in [-0.3, -0.25) is 4.98 Å². The van der Waals surface area contributed by atoms with Crippen molar-refractivity contribution in [3.8, 4) is 0 Å². The normalized spacial score (nSPS) is 11.8. The molecule has 0 saturated heterocycles. The van der Waals surface area contributed by atoms with Crippen LogP contribution in [0, 0.1) is 0 Å². The van der Waals surface area contributed by atoms with Crippen molar-refractivity contribution >= 4 is 22.9 Å². The van der Waals surface area contributed by atoms with Crippen LogP contribution < -0.4 is 0 Å². The van der Waals surface area contributed by atoms with E-state index in [1.165, 1.54) is 6.20 Å². The van der Waals surface area contributed by atoms with E-state index in [4.69, 9.17) is 11.6 Å². The van der Waals surface area contributed by atoms with Crippen LogP contribution in [0.2, 0.25) is 5.15 Å². The average molecular weight is 268 g/mol. The molecule has 0 aliphatic rings. The molecule has 0 atom stereocenters. The summed E-state index contributed by atoms with van der Waals surface area (Å²) in [6, 6.07) is 0. The Morgan fingerprint density at radius 3 is 2.59 bits per heavy atom. The first kappa shape index (κ1) is 12.5. The maximum absolute atomic E-state index is 5.80. The molecular formula is C12H14ClN3S. The summed E-state index contributed by atoms with van der Waals surface area (Å²) in [7, 11) is 0. The third-order valence-corrected chi connectivity index (χ3v) is 3.34. The molecular weight excluding hydrogens is 254 g/mol. The lowest BCUT2D eigenvalue weighted by Gasteiger charge is -2.14. The Balaban J connectivity index is 2.17. The summed E-state index contributed by atoms with van der Waals surface area (Å²) in [5.41, 5.74) is 2.06. The summed E-state index contributed by atoms with van der Waals surface area (Å²) in [6.45, 7) is 6.47. The minimum Gasteiger partial charge on any atom is -0.260 e. The number of thiazole rings is 1. The molecule has 0 N–H and O–H groups in total. The molecule has 2 aromatic heterocycles. The van der Waals surface area contributed by atoms with Gasteiger partial charge in [-0.1, -0.05) is 32.4 Å². The van der Waals surface area contributed by atoms with Gasteiger partial charge in [-0.15, -0.1) is 11.3 Å². The van der Waals surface area contributed by atoms with Gasteiger partial charge in [0.1, 0.15) is 5.15 Å². The summed E-state index contributed by atoms with van der Waals surface area (Å²) < 4.78 is 0. The standard InChI is InChI=1S/C12H14ClN3S/c1-12(2,3)9-7-17-11(16-9)4-8-5-14-6-10(13)15-8/h5-7H,4H2,1-3H3. The summed E-state index contributed by atoms with van der Waals surface area (Å²) in [6.07, 6.45) is 3.95. The van der Waals surface area contributed by atoms with Gasteiger partial charge in [-0.25, -0.2) is 9.97 Å². The molecule has 17 heavy (non-hydrogen) atoms. The second-order valence-electron chi connectivity index (χ2n) is 4.89. The van der Waals surface area contributed by atoms with Gasteiger partial charge in [0.25, 0.3) is 0 Å². The summed E-state index contributed by atoms with van der Waals surface area (Å²) >= 11 is 7.45. The molecule has 0 radical (unpaired) electrons. The number of halogens is 1. The van der Waals surface area contributed by atoms with Crippen molar-refractivity contribution in [2.75, 3.05) is 0 Å². The minimum atomic E-state index is 0.0920. The maximum Gasteiger partial charge on any atom is 0.147 e. The lowest BCUT2D eigenvalue weighted by Crippen LogP contribution is -2.11. The minimum absolute atomic E-state index is 0.0920. The van der Waals surface area contributed by atoms with Gasteiger partial charge >= 0.3 is 0 Å². The van der Waals surface area contributed by atoms with Crippen molar-refractivity contribution in [1.29, 1.82) is 0 Å². The Bertz CT molecular complexity index is 516. The lowest BCUT2D eigenvalue weighted by molar-refractivity contribution is 0.571. The SMILES string of the molecule is CC(C)(C)c1csc(Cc2cncc(Cl)n2)n1. The van der Waals surface area contributed by atoms with Crippen LogP contribution in [0.15, 0.2) is 17.8 Å². The molecule has 90 valence electrons. The molecule has 2 aromatic rings. The number of hydrogen-bond donors (Lipinski definition) is 0. The van der Waals surface area contributed by atoms with Gasteiger partial charge in [-0.05, 0) is 0 Å². The summed E-state index contributed by atoms with van der Waals surface area (Å²) in [4.78, 5) is 12.8. The van der Waals surface area contributed by atoms with Crippen molar-refractivity contribution in [3.63, 3.8) is 0 Å². The van der Waals surface area contributed by atoms with Crippen LogP contribution in [0.4, 0.5) is 0 Å². The third-order valence-electron chi connectivity index (χ3n) is 2.31. The number of rotatable bonds is 2. The molecule has 0 bridgehead atoms. The zero-order chi connectivity index (χ0) is 12.5. The first-order valence-corrected chi connectivity index (χ1v) is 6.62.